The second kappa shape index (κ2) is 4.25. The summed E-state index contributed by atoms with van der Waals surface area (Å²) in [5.74, 6) is -0.107. The lowest BCUT2D eigenvalue weighted by Gasteiger charge is -2.31. The van der Waals surface area contributed by atoms with Gasteiger partial charge in [-0.05, 0) is 13.3 Å². The van der Waals surface area contributed by atoms with Crippen molar-refractivity contribution in [2.75, 3.05) is 13.1 Å². The molecule has 102 valence electrons. The van der Waals surface area contributed by atoms with E-state index in [4.69, 9.17) is 5.73 Å². The standard InChI is InChI=1S/C12H17N5O2/c1-7-9-8(3-6-16(7)12(13)19)15-17-5-2-4-14-11(18)10(9)17/h7H,2-6H2,1H3,(H2,13,19)(H,14,18). The lowest BCUT2D eigenvalue weighted by atomic mass is 9.97. The highest BCUT2D eigenvalue weighted by Gasteiger charge is 2.35. The minimum atomic E-state index is -0.452. The first-order valence-electron chi connectivity index (χ1n) is 6.53. The largest absolute Gasteiger partial charge is 0.351 e. The van der Waals surface area contributed by atoms with E-state index in [1.54, 1.807) is 9.58 Å². The first kappa shape index (κ1) is 12.0. The van der Waals surface area contributed by atoms with E-state index in [2.05, 4.69) is 10.4 Å². The molecule has 3 rings (SSSR count). The zero-order chi connectivity index (χ0) is 13.6. The van der Waals surface area contributed by atoms with Gasteiger partial charge >= 0.3 is 6.03 Å². The molecule has 0 radical (unpaired) electrons. The minimum absolute atomic E-state index is 0.107. The number of carbonyl (C=O) groups excluding carboxylic acids is 2. The van der Waals surface area contributed by atoms with E-state index in [-0.39, 0.29) is 11.9 Å². The summed E-state index contributed by atoms with van der Waals surface area (Å²) in [5, 5.41) is 7.39. The molecule has 0 bridgehead atoms. The first-order valence-corrected chi connectivity index (χ1v) is 6.53. The van der Waals surface area contributed by atoms with Crippen molar-refractivity contribution in [3.8, 4) is 0 Å². The van der Waals surface area contributed by atoms with Crippen LogP contribution in [0.25, 0.3) is 0 Å². The van der Waals surface area contributed by atoms with Crippen molar-refractivity contribution in [1.82, 2.24) is 20.0 Å². The van der Waals surface area contributed by atoms with Crippen LogP contribution in [0.1, 0.15) is 41.1 Å². The van der Waals surface area contributed by atoms with Crippen LogP contribution in [-0.4, -0.2) is 39.7 Å². The van der Waals surface area contributed by atoms with Gasteiger partial charge in [-0.3, -0.25) is 9.48 Å². The highest BCUT2D eigenvalue weighted by atomic mass is 16.2. The van der Waals surface area contributed by atoms with Gasteiger partial charge in [0.05, 0.1) is 11.7 Å². The zero-order valence-electron chi connectivity index (χ0n) is 10.8. The lowest BCUT2D eigenvalue weighted by molar-refractivity contribution is 0.0946. The number of aromatic nitrogens is 2. The van der Waals surface area contributed by atoms with Crippen molar-refractivity contribution < 1.29 is 9.59 Å². The van der Waals surface area contributed by atoms with Crippen molar-refractivity contribution in [2.45, 2.75) is 32.4 Å². The Morgan fingerprint density at radius 3 is 3.00 bits per heavy atom. The van der Waals surface area contributed by atoms with Gasteiger partial charge in [-0.2, -0.15) is 5.10 Å². The van der Waals surface area contributed by atoms with Gasteiger partial charge in [0, 0.05) is 31.6 Å². The van der Waals surface area contributed by atoms with E-state index < -0.39 is 6.03 Å². The number of hydrogen-bond acceptors (Lipinski definition) is 3. The summed E-state index contributed by atoms with van der Waals surface area (Å²) in [6.45, 7) is 3.83. The summed E-state index contributed by atoms with van der Waals surface area (Å²) < 4.78 is 1.77. The van der Waals surface area contributed by atoms with Crippen molar-refractivity contribution in [3.63, 3.8) is 0 Å². The maximum absolute atomic E-state index is 12.2. The van der Waals surface area contributed by atoms with Gasteiger partial charge in [-0.15, -0.1) is 0 Å². The molecule has 3 heterocycles. The topological polar surface area (TPSA) is 93.2 Å². The number of aryl methyl sites for hydroxylation is 1. The van der Waals surface area contributed by atoms with Gasteiger partial charge in [0.15, 0.2) is 0 Å². The van der Waals surface area contributed by atoms with Crippen molar-refractivity contribution in [1.29, 1.82) is 0 Å². The first-order chi connectivity index (χ1) is 9.09. The average Bonchev–Trinajstić information content (AvgIpc) is 2.64. The fraction of sp³-hybridized carbons (Fsp3) is 0.583. The summed E-state index contributed by atoms with van der Waals surface area (Å²) in [5.41, 5.74) is 7.74. The normalized spacial score (nSPS) is 22.3. The molecule has 7 heteroatoms. The molecule has 7 nitrogen and oxygen atoms in total. The van der Waals surface area contributed by atoms with Crippen molar-refractivity contribution in [3.05, 3.63) is 17.0 Å². The summed E-state index contributed by atoms with van der Waals surface area (Å²) in [6.07, 6.45) is 1.52. The quantitative estimate of drug-likeness (QED) is 0.690. The number of nitrogens with zero attached hydrogens (tertiary/aromatic N) is 3. The fourth-order valence-electron chi connectivity index (χ4n) is 2.94. The second-order valence-corrected chi connectivity index (χ2v) is 5.00. The molecule has 0 saturated heterocycles. The van der Waals surface area contributed by atoms with Crippen LogP contribution in [0.4, 0.5) is 4.79 Å². The lowest BCUT2D eigenvalue weighted by Crippen LogP contribution is -2.42. The van der Waals surface area contributed by atoms with Gasteiger partial charge in [0.1, 0.15) is 5.69 Å². The van der Waals surface area contributed by atoms with E-state index in [1.807, 2.05) is 6.92 Å². The molecule has 1 aromatic rings. The predicted octanol–water partition coefficient (Wildman–Crippen LogP) is 0.0144. The average molecular weight is 263 g/mol. The van der Waals surface area contributed by atoms with Crippen LogP contribution in [0.2, 0.25) is 0 Å². The Kier molecular flexibility index (Phi) is 2.69. The van der Waals surface area contributed by atoms with Gasteiger partial charge in [-0.1, -0.05) is 0 Å². The number of amides is 3. The Bertz CT molecular complexity index is 551. The SMILES string of the molecule is CC1c2c(nn3c2C(=O)NCCC3)CCN1C(N)=O. The molecule has 0 fully saturated rings. The molecule has 1 unspecified atom stereocenters. The summed E-state index contributed by atoms with van der Waals surface area (Å²) in [6, 6.07) is -0.652. The molecule has 19 heavy (non-hydrogen) atoms. The minimum Gasteiger partial charge on any atom is -0.351 e. The van der Waals surface area contributed by atoms with E-state index in [0.29, 0.717) is 25.2 Å². The van der Waals surface area contributed by atoms with Crippen LogP contribution in [-0.2, 0) is 13.0 Å². The van der Waals surface area contributed by atoms with E-state index in [1.165, 1.54) is 0 Å². The molecular weight excluding hydrogens is 246 g/mol. The van der Waals surface area contributed by atoms with Crippen LogP contribution in [0.15, 0.2) is 0 Å². The maximum atomic E-state index is 12.2. The number of carbonyl (C=O) groups is 2. The number of rotatable bonds is 0. The zero-order valence-corrected chi connectivity index (χ0v) is 10.8. The highest BCUT2D eigenvalue weighted by molar-refractivity contribution is 5.95. The molecule has 2 aliphatic rings. The molecule has 3 N–H and O–H groups in total. The molecule has 0 aliphatic carbocycles. The maximum Gasteiger partial charge on any atom is 0.315 e. The van der Waals surface area contributed by atoms with Crippen LogP contribution >= 0.6 is 0 Å². The molecule has 0 spiro atoms. The summed E-state index contributed by atoms with van der Waals surface area (Å²) in [7, 11) is 0. The van der Waals surface area contributed by atoms with Crippen molar-refractivity contribution in [2.24, 2.45) is 5.73 Å². The third-order valence-corrected chi connectivity index (χ3v) is 3.87. The molecule has 0 saturated carbocycles. The predicted molar refractivity (Wildman–Crippen MR) is 67.6 cm³/mol. The molecular formula is C12H17N5O2. The molecule has 1 aromatic heterocycles. The van der Waals surface area contributed by atoms with Gasteiger partial charge in [-0.25, -0.2) is 4.79 Å². The van der Waals surface area contributed by atoms with E-state index >= 15 is 0 Å². The Labute approximate surface area is 110 Å². The van der Waals surface area contributed by atoms with Crippen LogP contribution in [0, 0.1) is 0 Å². The summed E-state index contributed by atoms with van der Waals surface area (Å²) in [4.78, 5) is 25.2. The number of nitrogens with one attached hydrogen (secondary N) is 1. The molecule has 1 atom stereocenters. The number of fused-ring (bicyclic) bond motifs is 3. The summed E-state index contributed by atoms with van der Waals surface area (Å²) >= 11 is 0. The Balaban J connectivity index is 2.10. The van der Waals surface area contributed by atoms with Crippen LogP contribution in [0.5, 0.6) is 0 Å². The fourth-order valence-corrected chi connectivity index (χ4v) is 2.94. The van der Waals surface area contributed by atoms with Gasteiger partial charge < -0.3 is 16.0 Å². The van der Waals surface area contributed by atoms with Gasteiger partial charge in [0.25, 0.3) is 5.91 Å². The van der Waals surface area contributed by atoms with Crippen LogP contribution < -0.4 is 11.1 Å². The third kappa shape index (κ3) is 1.76. The number of hydrogen-bond donors (Lipinski definition) is 2. The Morgan fingerprint density at radius 2 is 2.26 bits per heavy atom. The van der Waals surface area contributed by atoms with Crippen molar-refractivity contribution >= 4 is 11.9 Å². The highest BCUT2D eigenvalue weighted by Crippen LogP contribution is 2.32. The Hall–Kier alpha value is -2.05. The van der Waals surface area contributed by atoms with Gasteiger partial charge in [0.2, 0.25) is 0 Å². The second-order valence-electron chi connectivity index (χ2n) is 5.00. The monoisotopic (exact) mass is 263 g/mol. The molecule has 0 aromatic carbocycles. The smallest absolute Gasteiger partial charge is 0.315 e. The number of urea groups is 1. The molecule has 3 amide bonds. The number of nitrogens with two attached hydrogens (primary N) is 1. The third-order valence-electron chi connectivity index (χ3n) is 3.87. The van der Waals surface area contributed by atoms with Crippen LogP contribution in [0.3, 0.4) is 0 Å². The number of primary amides is 1. The van der Waals surface area contributed by atoms with E-state index in [9.17, 15) is 9.59 Å². The Morgan fingerprint density at radius 1 is 1.47 bits per heavy atom. The molecule has 2 aliphatic heterocycles. The van der Waals surface area contributed by atoms with E-state index in [0.717, 1.165) is 24.2 Å².